The molecule has 0 radical (unpaired) electrons. The van der Waals surface area contributed by atoms with Crippen molar-refractivity contribution in [1.82, 2.24) is 10.2 Å². The fourth-order valence-electron chi connectivity index (χ4n) is 3.01. The van der Waals surface area contributed by atoms with Gasteiger partial charge in [-0.2, -0.15) is 0 Å². The maximum atomic E-state index is 12.5. The van der Waals surface area contributed by atoms with E-state index in [0.29, 0.717) is 23.0 Å². The SMILES string of the molecule is CCC(=O)N(Cc1ccc(Cl)c(Cl)c1)C(C)C(=O)NC1CCCC1. The standard InChI is InChI=1S/C18H24Cl2N2O2/c1-3-17(23)22(11-13-8-9-15(19)16(20)10-13)12(2)18(24)21-14-6-4-5-7-14/h8-10,12,14H,3-7,11H2,1-2H3,(H,21,24). The Morgan fingerprint density at radius 2 is 1.92 bits per heavy atom. The zero-order valence-electron chi connectivity index (χ0n) is 14.1. The lowest BCUT2D eigenvalue weighted by molar-refractivity contribution is -0.140. The third kappa shape index (κ3) is 4.87. The van der Waals surface area contributed by atoms with Crippen molar-refractivity contribution in [3.05, 3.63) is 33.8 Å². The number of halogens is 2. The molecule has 0 aliphatic heterocycles. The first-order valence-corrected chi connectivity index (χ1v) is 9.21. The summed E-state index contributed by atoms with van der Waals surface area (Å²) in [5, 5.41) is 3.98. The summed E-state index contributed by atoms with van der Waals surface area (Å²) >= 11 is 12.0. The first-order chi connectivity index (χ1) is 11.4. The molecular weight excluding hydrogens is 347 g/mol. The van der Waals surface area contributed by atoms with Gasteiger partial charge in [-0.25, -0.2) is 0 Å². The molecule has 0 bridgehead atoms. The normalized spacial score (nSPS) is 16.0. The minimum atomic E-state index is -0.521. The van der Waals surface area contributed by atoms with Crippen LogP contribution in [-0.2, 0) is 16.1 Å². The van der Waals surface area contributed by atoms with E-state index in [-0.39, 0.29) is 17.9 Å². The molecule has 2 amide bonds. The van der Waals surface area contributed by atoms with Crippen LogP contribution < -0.4 is 5.32 Å². The summed E-state index contributed by atoms with van der Waals surface area (Å²) < 4.78 is 0. The molecule has 1 atom stereocenters. The van der Waals surface area contributed by atoms with Gasteiger partial charge in [0.2, 0.25) is 11.8 Å². The zero-order chi connectivity index (χ0) is 17.7. The number of hydrogen-bond acceptors (Lipinski definition) is 2. The van der Waals surface area contributed by atoms with E-state index < -0.39 is 6.04 Å². The van der Waals surface area contributed by atoms with Crippen LogP contribution in [0.2, 0.25) is 10.0 Å². The second kappa shape index (κ2) is 8.72. The number of nitrogens with one attached hydrogen (secondary N) is 1. The molecular formula is C18H24Cl2N2O2. The molecule has 2 rings (SSSR count). The van der Waals surface area contributed by atoms with Crippen LogP contribution in [0.25, 0.3) is 0 Å². The van der Waals surface area contributed by atoms with E-state index in [2.05, 4.69) is 5.32 Å². The Morgan fingerprint density at radius 3 is 2.50 bits per heavy atom. The van der Waals surface area contributed by atoms with Crippen LogP contribution in [0.15, 0.2) is 18.2 Å². The van der Waals surface area contributed by atoms with Gasteiger partial charge in [-0.15, -0.1) is 0 Å². The summed E-state index contributed by atoms with van der Waals surface area (Å²) in [6.45, 7) is 3.91. The van der Waals surface area contributed by atoms with Gasteiger partial charge in [0.15, 0.2) is 0 Å². The lowest BCUT2D eigenvalue weighted by atomic mass is 10.1. The number of carbonyl (C=O) groups excluding carboxylic acids is 2. The Labute approximate surface area is 153 Å². The summed E-state index contributed by atoms with van der Waals surface area (Å²) in [6, 6.07) is 4.99. The molecule has 0 saturated heterocycles. The predicted molar refractivity (Wildman–Crippen MR) is 97.2 cm³/mol. The average Bonchev–Trinajstić information content (AvgIpc) is 3.07. The van der Waals surface area contributed by atoms with Gasteiger partial charge >= 0.3 is 0 Å². The maximum Gasteiger partial charge on any atom is 0.242 e. The van der Waals surface area contributed by atoms with Crippen LogP contribution in [0.5, 0.6) is 0 Å². The fraction of sp³-hybridized carbons (Fsp3) is 0.556. The third-order valence-electron chi connectivity index (χ3n) is 4.51. The highest BCUT2D eigenvalue weighted by atomic mass is 35.5. The number of carbonyl (C=O) groups is 2. The average molecular weight is 371 g/mol. The highest BCUT2D eigenvalue weighted by Crippen LogP contribution is 2.24. The Hall–Kier alpha value is -1.26. The Morgan fingerprint density at radius 1 is 1.25 bits per heavy atom. The molecule has 1 aromatic carbocycles. The predicted octanol–water partition coefficient (Wildman–Crippen LogP) is 4.18. The molecule has 0 spiro atoms. The van der Waals surface area contributed by atoms with Gasteiger partial charge in [0.05, 0.1) is 10.0 Å². The molecule has 1 unspecified atom stereocenters. The van der Waals surface area contributed by atoms with Gasteiger partial charge in [0.25, 0.3) is 0 Å². The molecule has 1 fully saturated rings. The maximum absolute atomic E-state index is 12.5. The summed E-state index contributed by atoms with van der Waals surface area (Å²) in [5.74, 6) is -0.154. The lowest BCUT2D eigenvalue weighted by Crippen LogP contribution is -2.49. The molecule has 1 aliphatic carbocycles. The molecule has 0 heterocycles. The van der Waals surface area contributed by atoms with Gasteiger partial charge in [-0.05, 0) is 37.5 Å². The van der Waals surface area contributed by atoms with Crippen LogP contribution in [0.1, 0.15) is 51.5 Å². The van der Waals surface area contributed by atoms with E-state index >= 15 is 0 Å². The van der Waals surface area contributed by atoms with Crippen molar-refractivity contribution in [1.29, 1.82) is 0 Å². The second-order valence-corrected chi connectivity index (χ2v) is 7.10. The van der Waals surface area contributed by atoms with Crippen LogP contribution >= 0.6 is 23.2 Å². The van der Waals surface area contributed by atoms with Gasteiger partial charge in [0, 0.05) is 19.0 Å². The van der Waals surface area contributed by atoms with Gasteiger partial charge < -0.3 is 10.2 Å². The Bertz CT molecular complexity index is 601. The summed E-state index contributed by atoms with van der Waals surface area (Å²) in [6.07, 6.45) is 4.70. The Kier molecular flexibility index (Phi) is 6.93. The minimum absolute atomic E-state index is 0.0601. The fourth-order valence-corrected chi connectivity index (χ4v) is 3.33. The van der Waals surface area contributed by atoms with E-state index in [1.807, 2.05) is 6.07 Å². The Balaban J connectivity index is 2.09. The van der Waals surface area contributed by atoms with Crippen molar-refractivity contribution < 1.29 is 9.59 Å². The smallest absolute Gasteiger partial charge is 0.242 e. The third-order valence-corrected chi connectivity index (χ3v) is 5.25. The van der Waals surface area contributed by atoms with Crippen molar-refractivity contribution in [3.8, 4) is 0 Å². The molecule has 1 aliphatic rings. The van der Waals surface area contributed by atoms with Crippen molar-refractivity contribution in [2.75, 3.05) is 0 Å². The molecule has 0 aromatic heterocycles. The zero-order valence-corrected chi connectivity index (χ0v) is 15.7. The second-order valence-electron chi connectivity index (χ2n) is 6.29. The molecule has 1 aromatic rings. The van der Waals surface area contributed by atoms with Crippen molar-refractivity contribution in [2.24, 2.45) is 0 Å². The van der Waals surface area contributed by atoms with Crippen molar-refractivity contribution >= 4 is 35.0 Å². The topological polar surface area (TPSA) is 49.4 Å². The quantitative estimate of drug-likeness (QED) is 0.816. The molecule has 4 nitrogen and oxygen atoms in total. The van der Waals surface area contributed by atoms with Crippen molar-refractivity contribution in [3.63, 3.8) is 0 Å². The monoisotopic (exact) mass is 370 g/mol. The lowest BCUT2D eigenvalue weighted by Gasteiger charge is -2.29. The number of hydrogen-bond donors (Lipinski definition) is 1. The van der Waals surface area contributed by atoms with Crippen LogP contribution in [0.4, 0.5) is 0 Å². The van der Waals surface area contributed by atoms with Gasteiger partial charge in [-0.3, -0.25) is 9.59 Å². The van der Waals surface area contributed by atoms with E-state index in [1.54, 1.807) is 30.9 Å². The number of nitrogens with zero attached hydrogens (tertiary/aromatic N) is 1. The molecule has 1 N–H and O–H groups in total. The van der Waals surface area contributed by atoms with Gasteiger partial charge in [-0.1, -0.05) is 49.0 Å². The van der Waals surface area contributed by atoms with Gasteiger partial charge in [0.1, 0.15) is 6.04 Å². The van der Waals surface area contributed by atoms with Crippen LogP contribution in [-0.4, -0.2) is 28.8 Å². The van der Waals surface area contributed by atoms with Crippen LogP contribution in [0.3, 0.4) is 0 Å². The number of rotatable bonds is 6. The van der Waals surface area contributed by atoms with Crippen LogP contribution in [0, 0.1) is 0 Å². The highest BCUT2D eigenvalue weighted by Gasteiger charge is 2.27. The summed E-state index contributed by atoms with van der Waals surface area (Å²) in [7, 11) is 0. The van der Waals surface area contributed by atoms with Crippen molar-refractivity contribution in [2.45, 2.75) is 64.6 Å². The number of amides is 2. The number of benzene rings is 1. The summed E-state index contributed by atoms with van der Waals surface area (Å²) in [5.41, 5.74) is 0.853. The first kappa shape index (κ1) is 19.1. The summed E-state index contributed by atoms with van der Waals surface area (Å²) in [4.78, 5) is 26.5. The first-order valence-electron chi connectivity index (χ1n) is 8.46. The molecule has 1 saturated carbocycles. The highest BCUT2D eigenvalue weighted by molar-refractivity contribution is 6.42. The minimum Gasteiger partial charge on any atom is -0.352 e. The largest absolute Gasteiger partial charge is 0.352 e. The molecule has 24 heavy (non-hydrogen) atoms. The van der Waals surface area contributed by atoms with E-state index in [9.17, 15) is 9.59 Å². The van der Waals surface area contributed by atoms with E-state index in [4.69, 9.17) is 23.2 Å². The van der Waals surface area contributed by atoms with E-state index in [1.165, 1.54) is 0 Å². The molecule has 132 valence electrons. The van der Waals surface area contributed by atoms with E-state index in [0.717, 1.165) is 31.2 Å². The molecule has 6 heteroatoms.